The molecular formula is C20H16. The van der Waals surface area contributed by atoms with E-state index in [4.69, 9.17) is 0 Å². The van der Waals surface area contributed by atoms with E-state index in [9.17, 15) is 0 Å². The molecule has 0 atom stereocenters. The molecule has 0 N–H and O–H groups in total. The van der Waals surface area contributed by atoms with Crippen molar-refractivity contribution >= 4 is 32.3 Å². The molecule has 0 unspecified atom stereocenters. The van der Waals surface area contributed by atoms with Gasteiger partial charge in [-0.2, -0.15) is 0 Å². The summed E-state index contributed by atoms with van der Waals surface area (Å²) in [5, 5.41) is 8.02. The van der Waals surface area contributed by atoms with Gasteiger partial charge in [-0.25, -0.2) is 0 Å². The molecule has 0 spiro atoms. The van der Waals surface area contributed by atoms with E-state index in [0.717, 1.165) is 0 Å². The SMILES string of the molecule is Cc1ccc2cc3c(ccc4c(C)cccc43)cc2c1. The van der Waals surface area contributed by atoms with Gasteiger partial charge in [0.25, 0.3) is 0 Å². The van der Waals surface area contributed by atoms with Crippen LogP contribution in [0.15, 0.2) is 60.7 Å². The van der Waals surface area contributed by atoms with Crippen LogP contribution in [0.4, 0.5) is 0 Å². The van der Waals surface area contributed by atoms with Crippen LogP contribution in [0.2, 0.25) is 0 Å². The second-order valence-electron chi connectivity index (χ2n) is 5.66. The highest BCUT2D eigenvalue weighted by Gasteiger charge is 2.04. The number of aryl methyl sites for hydroxylation is 2. The summed E-state index contributed by atoms with van der Waals surface area (Å²) in [4.78, 5) is 0. The van der Waals surface area contributed by atoms with Crippen LogP contribution in [0.1, 0.15) is 11.1 Å². The van der Waals surface area contributed by atoms with Crippen LogP contribution in [-0.4, -0.2) is 0 Å². The molecule has 0 aliphatic rings. The summed E-state index contributed by atoms with van der Waals surface area (Å²) in [6, 6.07) is 22.3. The summed E-state index contributed by atoms with van der Waals surface area (Å²) in [6.45, 7) is 4.33. The average Bonchev–Trinajstić information content (AvgIpc) is 2.45. The number of hydrogen-bond acceptors (Lipinski definition) is 0. The first-order chi connectivity index (χ1) is 9.72. The van der Waals surface area contributed by atoms with E-state index in [-0.39, 0.29) is 0 Å². The maximum Gasteiger partial charge on any atom is -0.00989 e. The van der Waals surface area contributed by atoms with Crippen molar-refractivity contribution in [1.82, 2.24) is 0 Å². The third-order valence-electron chi connectivity index (χ3n) is 4.21. The monoisotopic (exact) mass is 256 g/mol. The highest BCUT2D eigenvalue weighted by Crippen LogP contribution is 2.31. The molecule has 0 saturated heterocycles. The fraction of sp³-hybridized carbons (Fsp3) is 0.100. The van der Waals surface area contributed by atoms with E-state index in [0.29, 0.717) is 0 Å². The molecule has 0 saturated carbocycles. The van der Waals surface area contributed by atoms with Gasteiger partial charge < -0.3 is 0 Å². The first-order valence-corrected chi connectivity index (χ1v) is 7.05. The van der Waals surface area contributed by atoms with Gasteiger partial charge in [0.2, 0.25) is 0 Å². The fourth-order valence-corrected chi connectivity index (χ4v) is 3.12. The minimum Gasteiger partial charge on any atom is -0.0613 e. The van der Waals surface area contributed by atoms with E-state index in [2.05, 4.69) is 74.5 Å². The van der Waals surface area contributed by atoms with Crippen molar-refractivity contribution in [2.75, 3.05) is 0 Å². The van der Waals surface area contributed by atoms with Gasteiger partial charge in [-0.1, -0.05) is 54.1 Å². The molecule has 4 rings (SSSR count). The Morgan fingerprint density at radius 3 is 2.30 bits per heavy atom. The van der Waals surface area contributed by atoms with E-state index >= 15 is 0 Å². The Morgan fingerprint density at radius 1 is 0.550 bits per heavy atom. The first kappa shape index (κ1) is 11.5. The zero-order valence-corrected chi connectivity index (χ0v) is 11.8. The Labute approximate surface area is 118 Å². The van der Waals surface area contributed by atoms with Crippen molar-refractivity contribution in [2.45, 2.75) is 13.8 Å². The smallest absolute Gasteiger partial charge is 0.00989 e. The fourth-order valence-electron chi connectivity index (χ4n) is 3.12. The van der Waals surface area contributed by atoms with Crippen LogP contribution in [0.25, 0.3) is 32.3 Å². The summed E-state index contributed by atoms with van der Waals surface area (Å²) >= 11 is 0. The Balaban J connectivity index is 2.22. The number of rotatable bonds is 0. The summed E-state index contributed by atoms with van der Waals surface area (Å²) in [5.41, 5.74) is 2.65. The molecule has 0 nitrogen and oxygen atoms in total. The minimum absolute atomic E-state index is 1.31. The van der Waals surface area contributed by atoms with Crippen molar-refractivity contribution < 1.29 is 0 Å². The van der Waals surface area contributed by atoms with E-state index in [1.54, 1.807) is 0 Å². The van der Waals surface area contributed by atoms with Gasteiger partial charge in [-0.3, -0.25) is 0 Å². The summed E-state index contributed by atoms with van der Waals surface area (Å²) in [5.74, 6) is 0. The highest BCUT2D eigenvalue weighted by atomic mass is 14.1. The lowest BCUT2D eigenvalue weighted by Gasteiger charge is -2.08. The third-order valence-corrected chi connectivity index (χ3v) is 4.21. The van der Waals surface area contributed by atoms with E-state index < -0.39 is 0 Å². The molecule has 0 aliphatic heterocycles. The molecule has 96 valence electrons. The van der Waals surface area contributed by atoms with Gasteiger partial charge in [0.05, 0.1) is 0 Å². The molecule has 0 aliphatic carbocycles. The number of hydrogen-bond donors (Lipinski definition) is 0. The van der Waals surface area contributed by atoms with Gasteiger partial charge in [0.15, 0.2) is 0 Å². The van der Waals surface area contributed by atoms with Crippen molar-refractivity contribution in [3.05, 3.63) is 71.8 Å². The maximum absolute atomic E-state index is 2.33. The molecule has 20 heavy (non-hydrogen) atoms. The normalized spacial score (nSPS) is 11.5. The van der Waals surface area contributed by atoms with Gasteiger partial charge in [-0.05, 0) is 63.9 Å². The van der Waals surface area contributed by atoms with Gasteiger partial charge in [0.1, 0.15) is 0 Å². The van der Waals surface area contributed by atoms with Crippen molar-refractivity contribution in [2.24, 2.45) is 0 Å². The topological polar surface area (TPSA) is 0 Å². The predicted molar refractivity (Wildman–Crippen MR) is 88.4 cm³/mol. The van der Waals surface area contributed by atoms with Crippen molar-refractivity contribution in [3.8, 4) is 0 Å². The molecule has 0 heteroatoms. The maximum atomic E-state index is 2.33. The van der Waals surface area contributed by atoms with Crippen LogP contribution >= 0.6 is 0 Å². The standard InChI is InChI=1S/C20H16/c1-13-6-7-15-12-20-16(11-17(15)10-13)8-9-18-14(2)4-3-5-19(18)20/h3-12H,1-2H3. The van der Waals surface area contributed by atoms with Crippen LogP contribution < -0.4 is 0 Å². The van der Waals surface area contributed by atoms with E-state index in [1.807, 2.05) is 0 Å². The Morgan fingerprint density at radius 2 is 1.40 bits per heavy atom. The second-order valence-corrected chi connectivity index (χ2v) is 5.66. The number of benzene rings is 4. The molecule has 0 amide bonds. The molecule has 4 aromatic carbocycles. The zero-order valence-electron chi connectivity index (χ0n) is 11.8. The minimum atomic E-state index is 1.31. The second kappa shape index (κ2) is 4.08. The number of fused-ring (bicyclic) bond motifs is 4. The van der Waals surface area contributed by atoms with Crippen molar-refractivity contribution in [3.63, 3.8) is 0 Å². The molecule has 0 fully saturated rings. The molecule has 0 bridgehead atoms. The average molecular weight is 256 g/mol. The van der Waals surface area contributed by atoms with Crippen LogP contribution in [-0.2, 0) is 0 Å². The van der Waals surface area contributed by atoms with Crippen LogP contribution in [0.5, 0.6) is 0 Å². The first-order valence-electron chi connectivity index (χ1n) is 7.05. The quantitative estimate of drug-likeness (QED) is 0.277. The Hall–Kier alpha value is -2.34. The van der Waals surface area contributed by atoms with E-state index in [1.165, 1.54) is 43.4 Å². The Bertz CT molecular complexity index is 962. The lowest BCUT2D eigenvalue weighted by molar-refractivity contribution is 1.51. The van der Waals surface area contributed by atoms with Crippen LogP contribution in [0.3, 0.4) is 0 Å². The van der Waals surface area contributed by atoms with Gasteiger partial charge >= 0.3 is 0 Å². The highest BCUT2D eigenvalue weighted by molar-refractivity contribution is 6.12. The summed E-state index contributed by atoms with van der Waals surface area (Å²) in [6.07, 6.45) is 0. The molecular weight excluding hydrogens is 240 g/mol. The Kier molecular flexibility index (Phi) is 2.34. The summed E-state index contributed by atoms with van der Waals surface area (Å²) in [7, 11) is 0. The summed E-state index contributed by atoms with van der Waals surface area (Å²) < 4.78 is 0. The molecule has 0 aromatic heterocycles. The molecule has 4 aromatic rings. The van der Waals surface area contributed by atoms with Gasteiger partial charge in [-0.15, -0.1) is 0 Å². The zero-order chi connectivity index (χ0) is 13.7. The predicted octanol–water partition coefficient (Wildman–Crippen LogP) is 5.76. The van der Waals surface area contributed by atoms with Crippen molar-refractivity contribution in [1.29, 1.82) is 0 Å². The molecule has 0 heterocycles. The lowest BCUT2D eigenvalue weighted by atomic mass is 9.96. The van der Waals surface area contributed by atoms with Crippen LogP contribution in [0, 0.1) is 13.8 Å². The lowest BCUT2D eigenvalue weighted by Crippen LogP contribution is -1.82. The molecule has 0 radical (unpaired) electrons. The largest absolute Gasteiger partial charge is 0.0613 e. The third kappa shape index (κ3) is 1.61. The van der Waals surface area contributed by atoms with Gasteiger partial charge in [0, 0.05) is 0 Å².